The van der Waals surface area contributed by atoms with Gasteiger partial charge in [0.2, 0.25) is 0 Å². The number of ether oxygens (including phenoxy) is 1. The average Bonchev–Trinajstić information content (AvgIpc) is 2.38. The van der Waals surface area contributed by atoms with E-state index in [4.69, 9.17) is 4.74 Å². The van der Waals surface area contributed by atoms with Crippen LogP contribution in [0, 0.1) is 0 Å². The van der Waals surface area contributed by atoms with Gasteiger partial charge in [-0.15, -0.1) is 0 Å². The number of carbonyl (C=O) groups is 2. The van der Waals surface area contributed by atoms with Crippen molar-refractivity contribution in [3.8, 4) is 5.75 Å². The van der Waals surface area contributed by atoms with Gasteiger partial charge in [0.05, 0.1) is 6.10 Å². The van der Waals surface area contributed by atoms with E-state index >= 15 is 0 Å². The summed E-state index contributed by atoms with van der Waals surface area (Å²) in [6.07, 6.45) is -1.61. The fraction of sp³-hybridized carbons (Fsp3) is 0.385. The van der Waals surface area contributed by atoms with Crippen molar-refractivity contribution >= 4 is 27.9 Å². The third kappa shape index (κ3) is 4.50. The number of rotatable bonds is 4. The number of aliphatic hydroxyl groups is 1. The van der Waals surface area contributed by atoms with Gasteiger partial charge in [-0.1, -0.05) is 22.0 Å². The standard InChI is InChI=1S/C13H17BrN2O4/c1-7(17)10-5-4-9(14)6-11(10)20-8(2)12(18)16-13(19)15-3/h4-8,17H,1-3H3,(H2,15,16,18,19)/t7-,8?/m0/s1. The van der Waals surface area contributed by atoms with Gasteiger partial charge in [-0.2, -0.15) is 0 Å². The Balaban J connectivity index is 2.84. The van der Waals surface area contributed by atoms with E-state index < -0.39 is 24.1 Å². The van der Waals surface area contributed by atoms with E-state index in [0.717, 1.165) is 4.47 Å². The summed E-state index contributed by atoms with van der Waals surface area (Å²) in [6.45, 7) is 3.12. The number of imide groups is 1. The van der Waals surface area contributed by atoms with Gasteiger partial charge in [0, 0.05) is 17.1 Å². The van der Waals surface area contributed by atoms with Crippen LogP contribution in [0.5, 0.6) is 5.75 Å². The molecule has 1 aromatic carbocycles. The molecule has 0 aliphatic carbocycles. The van der Waals surface area contributed by atoms with Crippen LogP contribution in [0.15, 0.2) is 22.7 Å². The lowest BCUT2D eigenvalue weighted by molar-refractivity contribution is -0.126. The van der Waals surface area contributed by atoms with Gasteiger partial charge in [-0.3, -0.25) is 10.1 Å². The summed E-state index contributed by atoms with van der Waals surface area (Å²) in [7, 11) is 1.41. The summed E-state index contributed by atoms with van der Waals surface area (Å²) >= 11 is 3.30. The molecule has 0 bridgehead atoms. The summed E-state index contributed by atoms with van der Waals surface area (Å²) in [5.74, 6) is -0.185. The number of urea groups is 1. The van der Waals surface area contributed by atoms with E-state index in [1.807, 2.05) is 0 Å². The first kappa shape index (κ1) is 16.5. The van der Waals surface area contributed by atoms with Crippen molar-refractivity contribution in [2.45, 2.75) is 26.1 Å². The number of benzene rings is 1. The zero-order valence-corrected chi connectivity index (χ0v) is 13.0. The molecule has 0 saturated heterocycles. The first-order chi connectivity index (χ1) is 9.35. The van der Waals surface area contributed by atoms with Gasteiger partial charge >= 0.3 is 6.03 Å². The molecule has 1 unspecified atom stereocenters. The minimum Gasteiger partial charge on any atom is -0.480 e. The Hall–Kier alpha value is -1.60. The largest absolute Gasteiger partial charge is 0.480 e. The fourth-order valence-corrected chi connectivity index (χ4v) is 1.82. The molecule has 0 radical (unpaired) electrons. The van der Waals surface area contributed by atoms with Crippen molar-refractivity contribution in [3.63, 3.8) is 0 Å². The molecule has 6 nitrogen and oxygen atoms in total. The molecule has 0 saturated carbocycles. The molecule has 0 aromatic heterocycles. The molecule has 1 rings (SSSR count). The predicted molar refractivity (Wildman–Crippen MR) is 77.5 cm³/mol. The molecule has 0 fully saturated rings. The van der Waals surface area contributed by atoms with Crippen LogP contribution in [-0.4, -0.2) is 30.2 Å². The van der Waals surface area contributed by atoms with Gasteiger partial charge in [0.15, 0.2) is 6.10 Å². The second-order valence-electron chi connectivity index (χ2n) is 4.19. The Morgan fingerprint density at radius 1 is 1.35 bits per heavy atom. The molecule has 0 heterocycles. The highest BCUT2D eigenvalue weighted by molar-refractivity contribution is 9.10. The summed E-state index contributed by atoms with van der Waals surface area (Å²) < 4.78 is 6.27. The molecule has 3 amide bonds. The minimum atomic E-state index is -0.876. The topological polar surface area (TPSA) is 87.7 Å². The van der Waals surface area contributed by atoms with Crippen LogP contribution in [0.25, 0.3) is 0 Å². The number of carbonyl (C=O) groups excluding carboxylic acids is 2. The zero-order valence-electron chi connectivity index (χ0n) is 11.4. The van der Waals surface area contributed by atoms with Crippen LogP contribution in [-0.2, 0) is 4.79 Å². The van der Waals surface area contributed by atoms with E-state index in [-0.39, 0.29) is 0 Å². The molecule has 3 N–H and O–H groups in total. The van der Waals surface area contributed by atoms with Crippen LogP contribution in [0.3, 0.4) is 0 Å². The first-order valence-corrected chi connectivity index (χ1v) is 6.81. The van der Waals surface area contributed by atoms with Gasteiger partial charge in [0.1, 0.15) is 5.75 Å². The highest BCUT2D eigenvalue weighted by Crippen LogP contribution is 2.29. The number of aliphatic hydroxyl groups excluding tert-OH is 1. The van der Waals surface area contributed by atoms with Crippen LogP contribution in [0.2, 0.25) is 0 Å². The van der Waals surface area contributed by atoms with E-state index in [1.165, 1.54) is 14.0 Å². The summed E-state index contributed by atoms with van der Waals surface area (Å²) in [5, 5.41) is 14.1. The number of hydrogen-bond donors (Lipinski definition) is 3. The maximum absolute atomic E-state index is 11.7. The maximum atomic E-state index is 11.7. The van der Waals surface area contributed by atoms with Gasteiger partial charge < -0.3 is 15.2 Å². The molecule has 0 spiro atoms. The van der Waals surface area contributed by atoms with Crippen LogP contribution in [0.1, 0.15) is 25.5 Å². The van der Waals surface area contributed by atoms with E-state index in [1.54, 1.807) is 25.1 Å². The van der Waals surface area contributed by atoms with Crippen molar-refractivity contribution in [2.24, 2.45) is 0 Å². The van der Waals surface area contributed by atoms with Crippen molar-refractivity contribution < 1.29 is 19.4 Å². The lowest BCUT2D eigenvalue weighted by atomic mass is 10.1. The number of amides is 3. The lowest BCUT2D eigenvalue weighted by Crippen LogP contribution is -2.44. The maximum Gasteiger partial charge on any atom is 0.321 e. The second kappa shape index (κ2) is 7.25. The SMILES string of the molecule is CNC(=O)NC(=O)C(C)Oc1cc(Br)ccc1[C@H](C)O. The highest BCUT2D eigenvalue weighted by Gasteiger charge is 2.19. The Morgan fingerprint density at radius 2 is 2.00 bits per heavy atom. The average molecular weight is 345 g/mol. The quantitative estimate of drug-likeness (QED) is 0.776. The molecule has 7 heteroatoms. The van der Waals surface area contributed by atoms with E-state index in [0.29, 0.717) is 11.3 Å². The Morgan fingerprint density at radius 3 is 2.55 bits per heavy atom. The number of hydrogen-bond acceptors (Lipinski definition) is 4. The van der Waals surface area contributed by atoms with Crippen molar-refractivity contribution in [2.75, 3.05) is 7.05 Å². The Bertz CT molecular complexity index is 505. The number of halogens is 1. The molecular formula is C13H17BrN2O4. The predicted octanol–water partition coefficient (Wildman–Crippen LogP) is 1.73. The number of nitrogens with one attached hydrogen (secondary N) is 2. The first-order valence-electron chi connectivity index (χ1n) is 6.02. The Kier molecular flexibility index (Phi) is 5.97. The summed E-state index contributed by atoms with van der Waals surface area (Å²) in [5.41, 5.74) is 0.563. The molecule has 2 atom stereocenters. The van der Waals surface area contributed by atoms with Gasteiger partial charge in [-0.25, -0.2) is 4.79 Å². The molecule has 110 valence electrons. The summed E-state index contributed by atoms with van der Waals surface area (Å²) in [6, 6.07) is 4.53. The third-order valence-electron chi connectivity index (χ3n) is 2.56. The van der Waals surface area contributed by atoms with Crippen LogP contribution < -0.4 is 15.4 Å². The van der Waals surface area contributed by atoms with E-state index in [9.17, 15) is 14.7 Å². The highest BCUT2D eigenvalue weighted by atomic mass is 79.9. The minimum absolute atomic E-state index is 0.383. The Labute approximate surface area is 125 Å². The second-order valence-corrected chi connectivity index (χ2v) is 5.10. The van der Waals surface area contributed by atoms with Crippen molar-refractivity contribution in [3.05, 3.63) is 28.2 Å². The monoisotopic (exact) mass is 344 g/mol. The molecule has 20 heavy (non-hydrogen) atoms. The third-order valence-corrected chi connectivity index (χ3v) is 3.06. The van der Waals surface area contributed by atoms with Crippen molar-refractivity contribution in [1.29, 1.82) is 0 Å². The molecule has 1 aromatic rings. The van der Waals surface area contributed by atoms with Crippen LogP contribution >= 0.6 is 15.9 Å². The normalized spacial score (nSPS) is 13.2. The fourth-order valence-electron chi connectivity index (χ4n) is 1.48. The lowest BCUT2D eigenvalue weighted by Gasteiger charge is -2.18. The molecule has 0 aliphatic rings. The smallest absolute Gasteiger partial charge is 0.321 e. The van der Waals surface area contributed by atoms with E-state index in [2.05, 4.69) is 26.6 Å². The summed E-state index contributed by atoms with van der Waals surface area (Å²) in [4.78, 5) is 22.8. The molecular weight excluding hydrogens is 328 g/mol. The van der Waals surface area contributed by atoms with Crippen LogP contribution in [0.4, 0.5) is 4.79 Å². The zero-order chi connectivity index (χ0) is 15.3. The van der Waals surface area contributed by atoms with Crippen molar-refractivity contribution in [1.82, 2.24) is 10.6 Å². The van der Waals surface area contributed by atoms with Gasteiger partial charge in [0.25, 0.3) is 5.91 Å². The van der Waals surface area contributed by atoms with Gasteiger partial charge in [-0.05, 0) is 26.0 Å². The molecule has 0 aliphatic heterocycles.